The lowest BCUT2D eigenvalue weighted by Gasteiger charge is -2.23. The van der Waals surface area contributed by atoms with Gasteiger partial charge in [-0.25, -0.2) is 13.1 Å². The molecule has 0 unspecified atom stereocenters. The van der Waals surface area contributed by atoms with Gasteiger partial charge < -0.3 is 21.5 Å². The van der Waals surface area contributed by atoms with Crippen molar-refractivity contribution in [2.45, 2.75) is 30.3 Å². The molecule has 1 aromatic heterocycles. The summed E-state index contributed by atoms with van der Waals surface area (Å²) >= 11 is 0. The van der Waals surface area contributed by atoms with E-state index in [1.54, 1.807) is 0 Å². The van der Waals surface area contributed by atoms with Gasteiger partial charge in [0.25, 0.3) is 0 Å². The van der Waals surface area contributed by atoms with Gasteiger partial charge in [-0.1, -0.05) is 0 Å². The minimum absolute atomic E-state index is 0.0180. The molecule has 0 atom stereocenters. The molecule has 0 amide bonds. The summed E-state index contributed by atoms with van der Waals surface area (Å²) in [6.45, 7) is 1.79. The number of nitrogens with zero attached hydrogens (tertiary/aromatic N) is 2. The zero-order chi connectivity index (χ0) is 14.8. The molecule has 9 heteroatoms. The summed E-state index contributed by atoms with van der Waals surface area (Å²) in [6, 6.07) is 0.175. The molecular formula is C11H21N5O3S. The maximum atomic E-state index is 11.9. The molecule has 1 saturated heterocycles. The highest BCUT2D eigenvalue weighted by Crippen LogP contribution is 2.28. The SMILES string of the molecule is CS(=O)(=O)c1c(NC2CCNCC2)nn(CCO)c1N. The van der Waals surface area contributed by atoms with Gasteiger partial charge in [0.15, 0.2) is 20.6 Å². The Hall–Kier alpha value is -1.32. The summed E-state index contributed by atoms with van der Waals surface area (Å²) in [5.74, 6) is 0.350. The maximum absolute atomic E-state index is 11.9. The normalized spacial score (nSPS) is 17.3. The largest absolute Gasteiger partial charge is 0.394 e. The molecule has 8 nitrogen and oxygen atoms in total. The van der Waals surface area contributed by atoms with Crippen LogP contribution in [0.15, 0.2) is 4.90 Å². The molecule has 0 aliphatic carbocycles. The Morgan fingerprint density at radius 2 is 2.15 bits per heavy atom. The summed E-state index contributed by atoms with van der Waals surface area (Å²) in [7, 11) is -3.48. The van der Waals surface area contributed by atoms with Gasteiger partial charge in [0.2, 0.25) is 0 Å². The molecule has 20 heavy (non-hydrogen) atoms. The van der Waals surface area contributed by atoms with Crippen LogP contribution in [0, 0.1) is 0 Å². The fourth-order valence-corrected chi connectivity index (χ4v) is 3.28. The van der Waals surface area contributed by atoms with E-state index in [2.05, 4.69) is 15.7 Å². The van der Waals surface area contributed by atoms with Crippen molar-refractivity contribution in [1.29, 1.82) is 0 Å². The van der Waals surface area contributed by atoms with Crippen molar-refractivity contribution in [2.24, 2.45) is 0 Å². The third-order valence-corrected chi connectivity index (χ3v) is 4.45. The first kappa shape index (κ1) is 15.1. The van der Waals surface area contributed by atoms with E-state index in [1.165, 1.54) is 4.68 Å². The molecule has 0 bridgehead atoms. The molecule has 0 aromatic carbocycles. The number of hydrogen-bond acceptors (Lipinski definition) is 7. The Labute approximate surface area is 118 Å². The Morgan fingerprint density at radius 3 is 2.70 bits per heavy atom. The quantitative estimate of drug-likeness (QED) is 0.551. The van der Waals surface area contributed by atoms with Crippen molar-refractivity contribution < 1.29 is 13.5 Å². The number of nitrogens with one attached hydrogen (secondary N) is 2. The van der Waals surface area contributed by atoms with E-state index >= 15 is 0 Å². The van der Waals surface area contributed by atoms with Crippen molar-refractivity contribution in [3.63, 3.8) is 0 Å². The number of aliphatic hydroxyl groups is 1. The number of nitrogens with two attached hydrogens (primary N) is 1. The Kier molecular flexibility index (Phi) is 4.51. The fourth-order valence-electron chi connectivity index (χ4n) is 2.34. The summed E-state index contributed by atoms with van der Waals surface area (Å²) < 4.78 is 25.1. The van der Waals surface area contributed by atoms with Crippen LogP contribution in [0.1, 0.15) is 12.8 Å². The topological polar surface area (TPSA) is 122 Å². The minimum atomic E-state index is -3.48. The average Bonchev–Trinajstić information content (AvgIpc) is 2.67. The van der Waals surface area contributed by atoms with Crippen molar-refractivity contribution in [1.82, 2.24) is 15.1 Å². The number of hydrogen-bond donors (Lipinski definition) is 4. The molecule has 0 saturated carbocycles. The predicted octanol–water partition coefficient (Wildman–Crippen LogP) is -0.975. The second-order valence-corrected chi connectivity index (χ2v) is 6.90. The Bertz CT molecular complexity index is 563. The minimum Gasteiger partial charge on any atom is -0.394 e. The second kappa shape index (κ2) is 5.98. The molecule has 5 N–H and O–H groups in total. The molecule has 0 radical (unpaired) electrons. The van der Waals surface area contributed by atoms with Gasteiger partial charge in [0.1, 0.15) is 5.82 Å². The molecule has 2 rings (SSSR count). The van der Waals surface area contributed by atoms with Gasteiger partial charge >= 0.3 is 0 Å². The van der Waals surface area contributed by atoms with E-state index in [0.717, 1.165) is 32.2 Å². The van der Waals surface area contributed by atoms with Crippen LogP contribution in [0.2, 0.25) is 0 Å². The van der Waals surface area contributed by atoms with Gasteiger partial charge in [-0.05, 0) is 25.9 Å². The van der Waals surface area contributed by atoms with Crippen LogP contribution < -0.4 is 16.4 Å². The zero-order valence-corrected chi connectivity index (χ0v) is 12.3. The van der Waals surface area contributed by atoms with E-state index in [1.807, 2.05) is 0 Å². The van der Waals surface area contributed by atoms with Crippen LogP contribution in [0.3, 0.4) is 0 Å². The monoisotopic (exact) mass is 303 g/mol. The van der Waals surface area contributed by atoms with Gasteiger partial charge in [-0.15, -0.1) is 0 Å². The lowest BCUT2D eigenvalue weighted by molar-refractivity contribution is 0.270. The van der Waals surface area contributed by atoms with E-state index < -0.39 is 9.84 Å². The highest BCUT2D eigenvalue weighted by atomic mass is 32.2. The van der Waals surface area contributed by atoms with E-state index in [0.29, 0.717) is 0 Å². The van der Waals surface area contributed by atoms with E-state index in [-0.39, 0.29) is 35.7 Å². The Morgan fingerprint density at radius 1 is 1.50 bits per heavy atom. The summed E-state index contributed by atoms with van der Waals surface area (Å²) in [5, 5.41) is 19.6. The number of anilines is 2. The average molecular weight is 303 g/mol. The molecule has 1 aromatic rings. The molecule has 1 fully saturated rings. The maximum Gasteiger partial charge on any atom is 0.182 e. The van der Waals surface area contributed by atoms with Gasteiger partial charge in [0, 0.05) is 12.3 Å². The van der Waals surface area contributed by atoms with Crippen LogP contribution in [-0.4, -0.2) is 55.3 Å². The molecule has 2 heterocycles. The summed E-state index contributed by atoms with van der Waals surface area (Å²) in [5.41, 5.74) is 5.84. The van der Waals surface area contributed by atoms with Crippen LogP contribution in [0.5, 0.6) is 0 Å². The van der Waals surface area contributed by atoms with Gasteiger partial charge in [0.05, 0.1) is 13.2 Å². The van der Waals surface area contributed by atoms with Gasteiger partial charge in [-0.2, -0.15) is 5.10 Å². The third-order valence-electron chi connectivity index (χ3n) is 3.31. The first-order valence-electron chi connectivity index (χ1n) is 6.58. The van der Waals surface area contributed by atoms with Crippen LogP contribution in [-0.2, 0) is 16.4 Å². The first-order valence-corrected chi connectivity index (χ1v) is 8.47. The highest BCUT2D eigenvalue weighted by Gasteiger charge is 2.26. The number of sulfone groups is 1. The number of rotatable bonds is 5. The lowest BCUT2D eigenvalue weighted by Crippen LogP contribution is -2.35. The number of piperidine rings is 1. The first-order chi connectivity index (χ1) is 9.43. The van der Waals surface area contributed by atoms with Crippen LogP contribution >= 0.6 is 0 Å². The second-order valence-electron chi connectivity index (χ2n) is 4.95. The Balaban J connectivity index is 2.32. The summed E-state index contributed by atoms with van der Waals surface area (Å²) in [4.78, 5) is 0.0180. The number of nitrogen functional groups attached to an aromatic ring is 1. The molecule has 1 aliphatic heterocycles. The number of aliphatic hydroxyl groups excluding tert-OH is 1. The van der Waals surface area contributed by atoms with Gasteiger partial charge in [-0.3, -0.25) is 0 Å². The van der Waals surface area contributed by atoms with Crippen molar-refractivity contribution in [2.75, 3.05) is 37.0 Å². The fraction of sp³-hybridized carbons (Fsp3) is 0.727. The lowest BCUT2D eigenvalue weighted by atomic mass is 10.1. The number of aromatic nitrogens is 2. The highest BCUT2D eigenvalue weighted by molar-refractivity contribution is 7.91. The van der Waals surface area contributed by atoms with Crippen molar-refractivity contribution in [3.8, 4) is 0 Å². The predicted molar refractivity (Wildman–Crippen MR) is 76.3 cm³/mol. The van der Waals surface area contributed by atoms with Crippen molar-refractivity contribution >= 4 is 21.5 Å². The van der Waals surface area contributed by atoms with E-state index in [9.17, 15) is 8.42 Å². The third kappa shape index (κ3) is 3.22. The summed E-state index contributed by atoms with van der Waals surface area (Å²) in [6.07, 6.45) is 2.91. The van der Waals surface area contributed by atoms with Crippen LogP contribution in [0.4, 0.5) is 11.6 Å². The molecule has 1 aliphatic rings. The zero-order valence-electron chi connectivity index (χ0n) is 11.5. The molecule has 0 spiro atoms. The standard InChI is InChI=1S/C11H21N5O3S/c1-20(18,19)9-10(12)16(6-7-17)15-11(9)14-8-2-4-13-5-3-8/h8,13,17H,2-7,12H2,1H3,(H,14,15). The smallest absolute Gasteiger partial charge is 0.182 e. The van der Waals surface area contributed by atoms with Crippen molar-refractivity contribution in [3.05, 3.63) is 0 Å². The molecule has 114 valence electrons. The van der Waals surface area contributed by atoms with E-state index in [4.69, 9.17) is 10.8 Å². The van der Waals surface area contributed by atoms with Crippen LogP contribution in [0.25, 0.3) is 0 Å². The molecular weight excluding hydrogens is 282 g/mol.